The van der Waals surface area contributed by atoms with E-state index >= 15 is 0 Å². The molecule has 0 amide bonds. The monoisotopic (exact) mass is 221 g/mol. The lowest BCUT2D eigenvalue weighted by Gasteiger charge is -2.21. The second-order valence-corrected chi connectivity index (χ2v) is 5.13. The van der Waals surface area contributed by atoms with Crippen molar-refractivity contribution in [1.82, 2.24) is 5.32 Å². The summed E-state index contributed by atoms with van der Waals surface area (Å²) in [5.41, 5.74) is 0. The largest absolute Gasteiger partial charge is 0.313 e. The summed E-state index contributed by atoms with van der Waals surface area (Å²) in [5, 5.41) is 3.01. The van der Waals surface area contributed by atoms with Gasteiger partial charge in [-0.2, -0.15) is 8.42 Å². The van der Waals surface area contributed by atoms with E-state index in [-0.39, 0.29) is 24.1 Å². The van der Waals surface area contributed by atoms with Crippen molar-refractivity contribution < 1.29 is 17.8 Å². The predicted octanol–water partition coefficient (Wildman–Crippen LogP) is -0.0245. The first kappa shape index (κ1) is 11.6. The van der Waals surface area contributed by atoms with E-state index in [1.165, 1.54) is 0 Å². The molecule has 82 valence electrons. The number of ketones is 1. The van der Waals surface area contributed by atoms with E-state index in [1.807, 2.05) is 0 Å². The van der Waals surface area contributed by atoms with E-state index in [9.17, 15) is 13.2 Å². The summed E-state index contributed by atoms with van der Waals surface area (Å²) in [6.07, 6.45) is 2.68. The molecule has 0 atom stereocenters. The number of Topliss-reactive ketones (excluding diaryl/α,β-unsaturated/α-hetero) is 1. The number of rotatable bonds is 4. The Hall–Kier alpha value is -0.460. The van der Waals surface area contributed by atoms with E-state index in [1.54, 1.807) is 0 Å². The Morgan fingerprint density at radius 3 is 2.43 bits per heavy atom. The van der Waals surface area contributed by atoms with Crippen LogP contribution < -0.4 is 5.32 Å². The summed E-state index contributed by atoms with van der Waals surface area (Å²) in [5.74, 6) is 0.00935. The molecule has 1 aliphatic rings. The maximum Gasteiger partial charge on any atom is 0.266 e. The highest BCUT2D eigenvalue weighted by molar-refractivity contribution is 7.85. The lowest BCUT2D eigenvalue weighted by Crippen LogP contribution is -2.36. The molecule has 0 saturated heterocycles. The van der Waals surface area contributed by atoms with Crippen LogP contribution in [0.1, 0.15) is 25.7 Å². The summed E-state index contributed by atoms with van der Waals surface area (Å²) >= 11 is 0. The summed E-state index contributed by atoms with van der Waals surface area (Å²) < 4.78 is 29.2. The summed E-state index contributed by atoms with van der Waals surface area (Å²) in [4.78, 5) is 10.9. The van der Waals surface area contributed by atoms with Gasteiger partial charge in [0.1, 0.15) is 5.78 Å². The quantitative estimate of drug-likeness (QED) is 0.652. The van der Waals surface area contributed by atoms with Gasteiger partial charge < -0.3 is 5.32 Å². The Morgan fingerprint density at radius 1 is 1.36 bits per heavy atom. The Balaban J connectivity index is 2.17. The molecule has 0 spiro atoms. The van der Waals surface area contributed by atoms with Gasteiger partial charge in [-0.3, -0.25) is 9.35 Å². The molecule has 1 rings (SSSR count). The van der Waals surface area contributed by atoms with Crippen LogP contribution in [0.25, 0.3) is 0 Å². The maximum atomic E-state index is 10.9. The van der Waals surface area contributed by atoms with Gasteiger partial charge in [0.05, 0.1) is 5.75 Å². The standard InChI is InChI=1S/C8H15NO4S/c10-8-3-1-7(2-4-8)9-5-6-14(11,12)13/h7,9H,1-6H2,(H,11,12,13). The average molecular weight is 221 g/mol. The third kappa shape index (κ3) is 4.69. The third-order valence-corrected chi connectivity index (χ3v) is 3.06. The third-order valence-electron chi connectivity index (χ3n) is 2.34. The predicted molar refractivity (Wildman–Crippen MR) is 51.7 cm³/mol. The second kappa shape index (κ2) is 4.86. The molecule has 0 aromatic rings. The van der Waals surface area contributed by atoms with Gasteiger partial charge >= 0.3 is 0 Å². The topological polar surface area (TPSA) is 83.5 Å². The minimum Gasteiger partial charge on any atom is -0.313 e. The summed E-state index contributed by atoms with van der Waals surface area (Å²) in [6.45, 7) is 0.248. The molecule has 0 aliphatic heterocycles. The van der Waals surface area contributed by atoms with Crippen LogP contribution in [0, 0.1) is 0 Å². The molecule has 0 aromatic carbocycles. The van der Waals surface area contributed by atoms with Crippen molar-refractivity contribution in [2.24, 2.45) is 0 Å². The van der Waals surface area contributed by atoms with Crippen molar-refractivity contribution in [3.63, 3.8) is 0 Å². The van der Waals surface area contributed by atoms with E-state index in [0.717, 1.165) is 12.8 Å². The zero-order valence-corrected chi connectivity index (χ0v) is 8.72. The minimum absolute atomic E-state index is 0.217. The Kier molecular flexibility index (Phi) is 4.03. The fourth-order valence-corrected chi connectivity index (χ4v) is 1.91. The normalized spacial score (nSPS) is 19.9. The smallest absolute Gasteiger partial charge is 0.266 e. The fraction of sp³-hybridized carbons (Fsp3) is 0.875. The first-order valence-corrected chi connectivity index (χ1v) is 6.28. The van der Waals surface area contributed by atoms with E-state index in [4.69, 9.17) is 4.55 Å². The number of carbonyl (C=O) groups excluding carboxylic acids is 1. The van der Waals surface area contributed by atoms with Crippen molar-refractivity contribution in [3.05, 3.63) is 0 Å². The molecule has 1 aliphatic carbocycles. The molecule has 2 N–H and O–H groups in total. The Morgan fingerprint density at radius 2 is 1.93 bits per heavy atom. The average Bonchev–Trinajstić information content (AvgIpc) is 2.06. The van der Waals surface area contributed by atoms with Crippen LogP contribution in [0.3, 0.4) is 0 Å². The van der Waals surface area contributed by atoms with Crippen LogP contribution >= 0.6 is 0 Å². The van der Waals surface area contributed by atoms with Gasteiger partial charge in [0.25, 0.3) is 10.1 Å². The van der Waals surface area contributed by atoms with Crippen molar-refractivity contribution in [1.29, 1.82) is 0 Å². The summed E-state index contributed by atoms with van der Waals surface area (Å²) in [6, 6.07) is 0.217. The molecule has 14 heavy (non-hydrogen) atoms. The highest BCUT2D eigenvalue weighted by atomic mass is 32.2. The lowest BCUT2D eigenvalue weighted by atomic mass is 9.94. The molecule has 5 nitrogen and oxygen atoms in total. The zero-order valence-electron chi connectivity index (χ0n) is 7.90. The van der Waals surface area contributed by atoms with Gasteiger partial charge in [-0.25, -0.2) is 0 Å². The molecular formula is C8H15NO4S. The van der Waals surface area contributed by atoms with E-state index in [2.05, 4.69) is 5.32 Å². The zero-order chi connectivity index (χ0) is 10.6. The van der Waals surface area contributed by atoms with Gasteiger partial charge in [0.15, 0.2) is 0 Å². The summed E-state index contributed by atoms with van der Waals surface area (Å²) in [7, 11) is -3.87. The molecule has 0 aromatic heterocycles. The molecule has 0 bridgehead atoms. The molecule has 6 heteroatoms. The van der Waals surface area contributed by atoms with Gasteiger partial charge in [0.2, 0.25) is 0 Å². The number of nitrogens with one attached hydrogen (secondary N) is 1. The van der Waals surface area contributed by atoms with Crippen molar-refractivity contribution >= 4 is 15.9 Å². The van der Waals surface area contributed by atoms with Crippen LogP contribution in [-0.2, 0) is 14.9 Å². The highest BCUT2D eigenvalue weighted by Gasteiger charge is 2.18. The molecule has 0 heterocycles. The molecule has 0 radical (unpaired) electrons. The lowest BCUT2D eigenvalue weighted by molar-refractivity contribution is -0.120. The minimum atomic E-state index is -3.87. The molecule has 1 fully saturated rings. The number of hydrogen-bond donors (Lipinski definition) is 2. The SMILES string of the molecule is O=C1CCC(NCCS(=O)(=O)O)CC1. The van der Waals surface area contributed by atoms with Crippen LogP contribution in [0.5, 0.6) is 0 Å². The maximum absolute atomic E-state index is 10.9. The Bertz CT molecular complexity index is 288. The van der Waals surface area contributed by atoms with E-state index in [0.29, 0.717) is 12.8 Å². The van der Waals surface area contributed by atoms with Gasteiger partial charge in [-0.1, -0.05) is 0 Å². The number of carbonyl (C=O) groups is 1. The van der Waals surface area contributed by atoms with Crippen LogP contribution in [0.15, 0.2) is 0 Å². The van der Waals surface area contributed by atoms with Crippen molar-refractivity contribution in [2.45, 2.75) is 31.7 Å². The van der Waals surface area contributed by atoms with Gasteiger partial charge in [-0.05, 0) is 12.8 Å². The first-order chi connectivity index (χ1) is 6.47. The number of hydrogen-bond acceptors (Lipinski definition) is 4. The van der Waals surface area contributed by atoms with Crippen molar-refractivity contribution in [2.75, 3.05) is 12.3 Å². The Labute approximate surface area is 83.6 Å². The van der Waals surface area contributed by atoms with Gasteiger partial charge in [0, 0.05) is 25.4 Å². The van der Waals surface area contributed by atoms with Crippen LogP contribution in [0.4, 0.5) is 0 Å². The fourth-order valence-electron chi connectivity index (χ4n) is 1.54. The second-order valence-electron chi connectivity index (χ2n) is 3.55. The van der Waals surface area contributed by atoms with E-state index < -0.39 is 10.1 Å². The first-order valence-electron chi connectivity index (χ1n) is 4.67. The van der Waals surface area contributed by atoms with Gasteiger partial charge in [-0.15, -0.1) is 0 Å². The van der Waals surface area contributed by atoms with Crippen LogP contribution in [0.2, 0.25) is 0 Å². The molecular weight excluding hydrogens is 206 g/mol. The molecule has 1 saturated carbocycles. The van der Waals surface area contributed by atoms with Crippen molar-refractivity contribution in [3.8, 4) is 0 Å². The highest BCUT2D eigenvalue weighted by Crippen LogP contribution is 2.14. The van der Waals surface area contributed by atoms with Crippen LogP contribution in [-0.4, -0.2) is 37.1 Å². The molecule has 0 unspecified atom stereocenters.